The summed E-state index contributed by atoms with van der Waals surface area (Å²) in [7, 11) is 1.91. The van der Waals surface area contributed by atoms with Gasteiger partial charge in [-0.05, 0) is 37.0 Å². The first-order valence-corrected chi connectivity index (χ1v) is 11.0. The number of nitrogens with one attached hydrogen (secondary N) is 2. The number of imidazole rings is 1. The molecule has 1 aromatic carbocycles. The van der Waals surface area contributed by atoms with Crippen LogP contribution in [0.2, 0.25) is 0 Å². The zero-order valence-electron chi connectivity index (χ0n) is 18.5. The fourth-order valence-electron chi connectivity index (χ4n) is 3.66. The molecule has 1 aliphatic carbocycles. The Hall–Kier alpha value is -3.68. The first-order chi connectivity index (χ1) is 15.5. The van der Waals surface area contributed by atoms with Crippen LogP contribution in [0.15, 0.2) is 48.9 Å². The normalized spacial score (nSPS) is 13.6. The number of carbonyl (C=O) groups is 1. The lowest BCUT2D eigenvalue weighted by atomic mass is 10.1. The summed E-state index contributed by atoms with van der Waals surface area (Å²) >= 11 is 0. The van der Waals surface area contributed by atoms with Crippen LogP contribution in [-0.2, 0) is 7.05 Å². The fourth-order valence-corrected chi connectivity index (χ4v) is 3.66. The molecule has 1 fully saturated rings. The third-order valence-electron chi connectivity index (χ3n) is 5.61. The van der Waals surface area contributed by atoms with E-state index in [1.165, 1.54) is 0 Å². The van der Waals surface area contributed by atoms with Crippen LogP contribution < -0.4 is 10.6 Å². The van der Waals surface area contributed by atoms with E-state index in [2.05, 4.69) is 39.0 Å². The summed E-state index contributed by atoms with van der Waals surface area (Å²) in [4.78, 5) is 21.8. The van der Waals surface area contributed by atoms with Crippen molar-refractivity contribution in [2.45, 2.75) is 32.7 Å². The zero-order valence-corrected chi connectivity index (χ0v) is 18.5. The van der Waals surface area contributed by atoms with Crippen molar-refractivity contribution < 1.29 is 4.79 Å². The molecule has 3 aromatic heterocycles. The molecule has 4 aromatic rings. The van der Waals surface area contributed by atoms with E-state index in [-0.39, 0.29) is 5.91 Å². The lowest BCUT2D eigenvalue weighted by molar-refractivity contribution is 0.0951. The molecule has 5 rings (SSSR count). The Morgan fingerprint density at radius 2 is 1.94 bits per heavy atom. The van der Waals surface area contributed by atoms with Crippen LogP contribution in [0.3, 0.4) is 0 Å². The maximum atomic E-state index is 12.3. The summed E-state index contributed by atoms with van der Waals surface area (Å²) in [6.45, 7) is 5.12. The summed E-state index contributed by atoms with van der Waals surface area (Å²) in [5, 5.41) is 10.8. The number of carbonyl (C=O) groups excluding carboxylic acids is 1. The average molecular weight is 430 g/mol. The lowest BCUT2D eigenvalue weighted by Crippen LogP contribution is -2.25. The standard InChI is InChI=1S/C24H27N7O/c1-15(2)12-25-22-23-26-13-21(31(23)14-19(29-22)20-10-11-27-30(20)3)16-4-6-17(7-5-16)24(32)28-18-8-9-18/h4-7,10-11,13-15,18H,8-9,12H2,1-3H3,(H,25,29)(H,28,32). The minimum Gasteiger partial charge on any atom is -0.367 e. The highest BCUT2D eigenvalue weighted by Gasteiger charge is 2.24. The van der Waals surface area contributed by atoms with E-state index in [0.717, 1.165) is 53.5 Å². The summed E-state index contributed by atoms with van der Waals surface area (Å²) in [5.74, 6) is 1.20. The van der Waals surface area contributed by atoms with Gasteiger partial charge in [-0.25, -0.2) is 9.97 Å². The van der Waals surface area contributed by atoms with Gasteiger partial charge in [0, 0.05) is 43.2 Å². The third kappa shape index (κ3) is 3.95. The second kappa shape index (κ2) is 8.11. The molecule has 8 heteroatoms. The first kappa shape index (κ1) is 20.2. The second-order valence-corrected chi connectivity index (χ2v) is 8.75. The predicted octanol–water partition coefficient (Wildman–Crippen LogP) is 3.76. The van der Waals surface area contributed by atoms with Crippen LogP contribution in [-0.4, -0.2) is 42.6 Å². The van der Waals surface area contributed by atoms with Gasteiger partial charge in [0.05, 0.1) is 17.6 Å². The Balaban J connectivity index is 1.55. The molecule has 0 radical (unpaired) electrons. The van der Waals surface area contributed by atoms with Gasteiger partial charge in [0.25, 0.3) is 5.91 Å². The number of anilines is 1. The Labute approximate surface area is 186 Å². The molecule has 3 heterocycles. The molecular weight excluding hydrogens is 402 g/mol. The molecule has 0 atom stereocenters. The number of hydrogen-bond donors (Lipinski definition) is 2. The van der Waals surface area contributed by atoms with Gasteiger partial charge >= 0.3 is 0 Å². The number of nitrogens with zero attached hydrogens (tertiary/aromatic N) is 5. The van der Waals surface area contributed by atoms with Crippen molar-refractivity contribution in [3.63, 3.8) is 0 Å². The van der Waals surface area contributed by atoms with Gasteiger partial charge in [-0.1, -0.05) is 26.0 Å². The predicted molar refractivity (Wildman–Crippen MR) is 124 cm³/mol. The van der Waals surface area contributed by atoms with Crippen LogP contribution in [0.1, 0.15) is 37.0 Å². The highest BCUT2D eigenvalue weighted by atomic mass is 16.1. The van der Waals surface area contributed by atoms with Crippen LogP contribution in [0.5, 0.6) is 0 Å². The summed E-state index contributed by atoms with van der Waals surface area (Å²) in [6.07, 6.45) is 7.76. The smallest absolute Gasteiger partial charge is 0.251 e. The van der Waals surface area contributed by atoms with Crippen molar-refractivity contribution in [1.82, 2.24) is 29.5 Å². The fraction of sp³-hybridized carbons (Fsp3) is 0.333. The molecule has 2 N–H and O–H groups in total. The maximum absolute atomic E-state index is 12.3. The van der Waals surface area contributed by atoms with Crippen LogP contribution in [0, 0.1) is 5.92 Å². The van der Waals surface area contributed by atoms with Gasteiger partial charge in [-0.15, -0.1) is 0 Å². The van der Waals surface area contributed by atoms with Crippen molar-refractivity contribution in [2.75, 3.05) is 11.9 Å². The number of amides is 1. The van der Waals surface area contributed by atoms with E-state index in [9.17, 15) is 4.79 Å². The summed E-state index contributed by atoms with van der Waals surface area (Å²) in [6, 6.07) is 9.97. The molecule has 0 aliphatic heterocycles. The van der Waals surface area contributed by atoms with Crippen LogP contribution >= 0.6 is 0 Å². The highest BCUT2D eigenvalue weighted by Crippen LogP contribution is 2.28. The molecule has 164 valence electrons. The Kier molecular flexibility index (Phi) is 5.13. The van der Waals surface area contributed by atoms with Gasteiger partial charge in [0.2, 0.25) is 0 Å². The van der Waals surface area contributed by atoms with Crippen molar-refractivity contribution in [1.29, 1.82) is 0 Å². The van der Waals surface area contributed by atoms with E-state index >= 15 is 0 Å². The largest absolute Gasteiger partial charge is 0.367 e. The number of rotatable bonds is 7. The number of aromatic nitrogens is 5. The Morgan fingerprint density at radius 3 is 2.59 bits per heavy atom. The SMILES string of the molecule is CC(C)CNc1nc(-c2ccnn2C)cn2c(-c3ccc(C(=O)NC4CC4)cc3)cnc12. The van der Waals surface area contributed by atoms with Gasteiger partial charge in [-0.2, -0.15) is 5.10 Å². The van der Waals surface area contributed by atoms with Gasteiger partial charge < -0.3 is 10.6 Å². The topological polar surface area (TPSA) is 89.1 Å². The van der Waals surface area contributed by atoms with E-state index in [1.807, 2.05) is 54.5 Å². The molecular formula is C24H27N7O. The molecule has 1 amide bonds. The molecule has 8 nitrogen and oxygen atoms in total. The van der Waals surface area contributed by atoms with Gasteiger partial charge in [0.1, 0.15) is 5.69 Å². The van der Waals surface area contributed by atoms with E-state index in [4.69, 9.17) is 4.98 Å². The zero-order chi connectivity index (χ0) is 22.2. The third-order valence-corrected chi connectivity index (χ3v) is 5.61. The quantitative estimate of drug-likeness (QED) is 0.467. The van der Waals surface area contributed by atoms with Crippen molar-refractivity contribution in [2.24, 2.45) is 13.0 Å². The molecule has 32 heavy (non-hydrogen) atoms. The van der Waals surface area contributed by atoms with E-state index in [1.54, 1.807) is 6.20 Å². The van der Waals surface area contributed by atoms with E-state index in [0.29, 0.717) is 17.5 Å². The van der Waals surface area contributed by atoms with Crippen molar-refractivity contribution in [3.05, 3.63) is 54.5 Å². The molecule has 1 aliphatic rings. The average Bonchev–Trinajstić information content (AvgIpc) is 3.32. The number of aryl methyl sites for hydroxylation is 1. The van der Waals surface area contributed by atoms with Gasteiger partial charge in [-0.3, -0.25) is 13.9 Å². The maximum Gasteiger partial charge on any atom is 0.251 e. The summed E-state index contributed by atoms with van der Waals surface area (Å²) in [5.41, 5.74) is 5.09. The molecule has 0 spiro atoms. The van der Waals surface area contributed by atoms with Crippen molar-refractivity contribution >= 4 is 17.4 Å². The molecule has 0 unspecified atom stereocenters. The Morgan fingerprint density at radius 1 is 1.16 bits per heavy atom. The molecule has 1 saturated carbocycles. The second-order valence-electron chi connectivity index (χ2n) is 8.75. The molecule has 0 bridgehead atoms. The van der Waals surface area contributed by atoms with E-state index < -0.39 is 0 Å². The lowest BCUT2D eigenvalue weighted by Gasteiger charge is -2.13. The van der Waals surface area contributed by atoms with Crippen LogP contribution in [0.25, 0.3) is 28.3 Å². The Bertz CT molecular complexity index is 1270. The first-order valence-electron chi connectivity index (χ1n) is 11.0. The minimum absolute atomic E-state index is 0.0138. The molecule has 0 saturated heterocycles. The number of fused-ring (bicyclic) bond motifs is 1. The monoisotopic (exact) mass is 429 g/mol. The van der Waals surface area contributed by atoms with Crippen LogP contribution in [0.4, 0.5) is 5.82 Å². The number of benzene rings is 1. The van der Waals surface area contributed by atoms with Gasteiger partial charge in [0.15, 0.2) is 11.5 Å². The van der Waals surface area contributed by atoms with Crippen molar-refractivity contribution in [3.8, 4) is 22.6 Å². The highest BCUT2D eigenvalue weighted by molar-refractivity contribution is 5.95. The minimum atomic E-state index is -0.0138. The summed E-state index contributed by atoms with van der Waals surface area (Å²) < 4.78 is 3.86. The number of hydrogen-bond acceptors (Lipinski definition) is 5.